The highest BCUT2D eigenvalue weighted by atomic mass is 16.3. The van der Waals surface area contributed by atoms with Crippen LogP contribution in [0.2, 0.25) is 0 Å². The highest BCUT2D eigenvalue weighted by Crippen LogP contribution is 2.33. The van der Waals surface area contributed by atoms with Crippen LogP contribution < -0.4 is 10.6 Å². The van der Waals surface area contributed by atoms with Crippen molar-refractivity contribution in [3.63, 3.8) is 0 Å². The number of anilines is 1. The topological polar surface area (TPSA) is 49.5 Å². The van der Waals surface area contributed by atoms with Gasteiger partial charge in [0.1, 0.15) is 5.75 Å². The number of nitrogens with zero attached hydrogens (tertiary/aromatic N) is 1. The van der Waals surface area contributed by atoms with Crippen LogP contribution in [0.15, 0.2) is 18.2 Å². The minimum Gasteiger partial charge on any atom is -0.508 e. The first-order valence-electron chi connectivity index (χ1n) is 6.95. The molecule has 0 heterocycles. The Morgan fingerprint density at radius 2 is 2.17 bits per heavy atom. The van der Waals surface area contributed by atoms with Crippen molar-refractivity contribution in [1.82, 2.24) is 0 Å². The molecule has 1 aliphatic rings. The van der Waals surface area contributed by atoms with Crippen molar-refractivity contribution in [1.29, 1.82) is 0 Å². The van der Waals surface area contributed by atoms with E-state index in [9.17, 15) is 5.11 Å². The molecule has 0 amide bonds. The SMILES string of the molecule is CCCN(CC1CC1)c1ccc(C(C)N)c(O)c1. The summed E-state index contributed by atoms with van der Waals surface area (Å²) in [6.07, 6.45) is 3.83. The van der Waals surface area contributed by atoms with Gasteiger partial charge in [-0.15, -0.1) is 0 Å². The first kappa shape index (κ1) is 13.2. The van der Waals surface area contributed by atoms with Crippen molar-refractivity contribution < 1.29 is 5.11 Å². The molecule has 1 aromatic rings. The minimum atomic E-state index is -0.123. The standard InChI is InChI=1S/C15H24N2O/c1-3-8-17(10-12-4-5-12)13-6-7-14(11(2)16)15(18)9-13/h6-7,9,11-12,18H,3-5,8,10,16H2,1-2H3. The Kier molecular flexibility index (Phi) is 4.12. The van der Waals surface area contributed by atoms with E-state index < -0.39 is 0 Å². The summed E-state index contributed by atoms with van der Waals surface area (Å²) in [5.41, 5.74) is 7.75. The fourth-order valence-electron chi connectivity index (χ4n) is 2.32. The zero-order chi connectivity index (χ0) is 13.1. The van der Waals surface area contributed by atoms with E-state index in [-0.39, 0.29) is 6.04 Å². The largest absolute Gasteiger partial charge is 0.508 e. The fraction of sp³-hybridized carbons (Fsp3) is 0.600. The molecule has 0 aromatic heterocycles. The van der Waals surface area contributed by atoms with Crippen LogP contribution in [0.1, 0.15) is 44.7 Å². The molecule has 2 rings (SSSR count). The van der Waals surface area contributed by atoms with Gasteiger partial charge in [-0.25, -0.2) is 0 Å². The summed E-state index contributed by atoms with van der Waals surface area (Å²) in [7, 11) is 0. The van der Waals surface area contributed by atoms with E-state index in [0.717, 1.165) is 36.7 Å². The van der Waals surface area contributed by atoms with Gasteiger partial charge in [-0.3, -0.25) is 0 Å². The number of aromatic hydroxyl groups is 1. The Bertz CT molecular complexity index is 399. The fourth-order valence-corrected chi connectivity index (χ4v) is 2.32. The van der Waals surface area contributed by atoms with E-state index in [4.69, 9.17) is 5.73 Å². The summed E-state index contributed by atoms with van der Waals surface area (Å²) < 4.78 is 0. The number of phenols is 1. The van der Waals surface area contributed by atoms with Crippen LogP contribution in [-0.2, 0) is 0 Å². The molecule has 0 spiro atoms. The molecule has 1 saturated carbocycles. The third-order valence-electron chi connectivity index (χ3n) is 3.54. The van der Waals surface area contributed by atoms with Gasteiger partial charge in [-0.05, 0) is 38.2 Å². The van der Waals surface area contributed by atoms with Gasteiger partial charge in [0.15, 0.2) is 0 Å². The maximum Gasteiger partial charge on any atom is 0.122 e. The lowest BCUT2D eigenvalue weighted by Gasteiger charge is -2.25. The van der Waals surface area contributed by atoms with Gasteiger partial charge in [0.2, 0.25) is 0 Å². The van der Waals surface area contributed by atoms with Crippen LogP contribution in [0.4, 0.5) is 5.69 Å². The first-order valence-corrected chi connectivity index (χ1v) is 6.95. The summed E-state index contributed by atoms with van der Waals surface area (Å²) in [4.78, 5) is 2.38. The van der Waals surface area contributed by atoms with Gasteiger partial charge in [-0.2, -0.15) is 0 Å². The van der Waals surface area contributed by atoms with E-state index in [1.807, 2.05) is 19.1 Å². The Balaban J connectivity index is 2.15. The van der Waals surface area contributed by atoms with Crippen LogP contribution in [0.3, 0.4) is 0 Å². The summed E-state index contributed by atoms with van der Waals surface area (Å²) in [5, 5.41) is 10.0. The Morgan fingerprint density at radius 1 is 1.44 bits per heavy atom. The maximum absolute atomic E-state index is 10.0. The van der Waals surface area contributed by atoms with E-state index in [2.05, 4.69) is 17.9 Å². The molecule has 1 aliphatic carbocycles. The molecular weight excluding hydrogens is 224 g/mol. The Morgan fingerprint density at radius 3 is 2.67 bits per heavy atom. The molecule has 18 heavy (non-hydrogen) atoms. The molecule has 1 unspecified atom stereocenters. The predicted octanol–water partition coefficient (Wildman–Crippen LogP) is 3.04. The molecule has 0 radical (unpaired) electrons. The average molecular weight is 248 g/mol. The van der Waals surface area contributed by atoms with Crippen molar-refractivity contribution >= 4 is 5.69 Å². The average Bonchev–Trinajstić information content (AvgIpc) is 3.11. The first-order chi connectivity index (χ1) is 8.61. The van der Waals surface area contributed by atoms with Gasteiger partial charge in [0.25, 0.3) is 0 Å². The number of benzene rings is 1. The van der Waals surface area contributed by atoms with Crippen molar-refractivity contribution in [3.05, 3.63) is 23.8 Å². The van der Waals surface area contributed by atoms with Crippen LogP contribution in [0.5, 0.6) is 5.75 Å². The van der Waals surface area contributed by atoms with Crippen LogP contribution in [0.25, 0.3) is 0 Å². The van der Waals surface area contributed by atoms with E-state index in [1.54, 1.807) is 0 Å². The summed E-state index contributed by atoms with van der Waals surface area (Å²) in [6.45, 7) is 6.25. The third kappa shape index (κ3) is 3.16. The molecule has 1 atom stereocenters. The van der Waals surface area contributed by atoms with Gasteiger partial charge in [-0.1, -0.05) is 13.0 Å². The Labute approximate surface area is 110 Å². The second kappa shape index (κ2) is 5.61. The highest BCUT2D eigenvalue weighted by Gasteiger charge is 2.24. The minimum absolute atomic E-state index is 0.123. The number of phenolic OH excluding ortho intramolecular Hbond substituents is 1. The summed E-state index contributed by atoms with van der Waals surface area (Å²) in [6, 6.07) is 5.76. The normalized spacial score (nSPS) is 16.6. The van der Waals surface area contributed by atoms with Crippen molar-refractivity contribution in [2.24, 2.45) is 11.7 Å². The second-order valence-corrected chi connectivity index (χ2v) is 5.42. The van der Waals surface area contributed by atoms with E-state index in [1.165, 1.54) is 12.8 Å². The smallest absolute Gasteiger partial charge is 0.122 e. The molecule has 0 saturated heterocycles. The number of rotatable bonds is 6. The molecule has 1 fully saturated rings. The van der Waals surface area contributed by atoms with Crippen molar-refractivity contribution in [3.8, 4) is 5.75 Å². The zero-order valence-corrected chi connectivity index (χ0v) is 11.4. The Hall–Kier alpha value is -1.22. The number of hydrogen-bond donors (Lipinski definition) is 2. The third-order valence-corrected chi connectivity index (χ3v) is 3.54. The zero-order valence-electron chi connectivity index (χ0n) is 11.4. The monoisotopic (exact) mass is 248 g/mol. The van der Waals surface area contributed by atoms with Crippen LogP contribution >= 0.6 is 0 Å². The molecule has 3 N–H and O–H groups in total. The van der Waals surface area contributed by atoms with Crippen molar-refractivity contribution in [2.45, 2.75) is 39.2 Å². The molecule has 1 aromatic carbocycles. The maximum atomic E-state index is 10.0. The molecule has 3 heteroatoms. The highest BCUT2D eigenvalue weighted by molar-refractivity contribution is 5.54. The molecular formula is C15H24N2O. The lowest BCUT2D eigenvalue weighted by atomic mass is 10.1. The quantitative estimate of drug-likeness (QED) is 0.813. The lowest BCUT2D eigenvalue weighted by molar-refractivity contribution is 0.463. The van der Waals surface area contributed by atoms with Gasteiger partial charge < -0.3 is 15.7 Å². The second-order valence-electron chi connectivity index (χ2n) is 5.42. The number of nitrogens with two attached hydrogens (primary N) is 1. The van der Waals surface area contributed by atoms with Gasteiger partial charge >= 0.3 is 0 Å². The number of hydrogen-bond acceptors (Lipinski definition) is 3. The molecule has 3 nitrogen and oxygen atoms in total. The lowest BCUT2D eigenvalue weighted by Crippen LogP contribution is -2.26. The van der Waals surface area contributed by atoms with Crippen LogP contribution in [0, 0.1) is 5.92 Å². The predicted molar refractivity (Wildman–Crippen MR) is 75.9 cm³/mol. The molecule has 100 valence electrons. The van der Waals surface area contributed by atoms with Gasteiger partial charge in [0, 0.05) is 36.4 Å². The van der Waals surface area contributed by atoms with Crippen LogP contribution in [-0.4, -0.2) is 18.2 Å². The summed E-state index contributed by atoms with van der Waals surface area (Å²) >= 11 is 0. The van der Waals surface area contributed by atoms with E-state index >= 15 is 0 Å². The van der Waals surface area contributed by atoms with Gasteiger partial charge in [0.05, 0.1) is 0 Å². The molecule has 0 aliphatic heterocycles. The molecule has 0 bridgehead atoms. The van der Waals surface area contributed by atoms with Crippen molar-refractivity contribution in [2.75, 3.05) is 18.0 Å². The summed E-state index contributed by atoms with van der Waals surface area (Å²) in [5.74, 6) is 1.17. The van der Waals surface area contributed by atoms with E-state index in [0.29, 0.717) is 5.75 Å².